The molecule has 0 rings (SSSR count). The van der Waals surface area contributed by atoms with E-state index in [-0.39, 0.29) is 17.7 Å². The summed E-state index contributed by atoms with van der Waals surface area (Å²) in [5.41, 5.74) is 5.55. The molecule has 0 aromatic heterocycles. The van der Waals surface area contributed by atoms with Crippen LogP contribution < -0.4 is 11.1 Å². The Bertz CT molecular complexity index is 500. The van der Waals surface area contributed by atoms with E-state index in [1.807, 2.05) is 20.8 Å². The van der Waals surface area contributed by atoms with E-state index in [4.69, 9.17) is 5.73 Å². The molecule has 0 aliphatic rings. The summed E-state index contributed by atoms with van der Waals surface area (Å²) in [6.07, 6.45) is 1.62. The lowest BCUT2D eigenvalue weighted by Gasteiger charge is -2.34. The fraction of sp³-hybridized carbons (Fsp3) is 0.850. The quantitative estimate of drug-likeness (QED) is 0.420. The highest BCUT2D eigenvalue weighted by Crippen LogP contribution is 2.16. The van der Waals surface area contributed by atoms with Gasteiger partial charge in [0.2, 0.25) is 17.7 Å². The van der Waals surface area contributed by atoms with Crippen molar-refractivity contribution in [3.63, 3.8) is 0 Å². The van der Waals surface area contributed by atoms with Gasteiger partial charge in [-0.3, -0.25) is 14.4 Å². The van der Waals surface area contributed by atoms with Crippen LogP contribution in [-0.4, -0.2) is 77.8 Å². The van der Waals surface area contributed by atoms with Crippen molar-refractivity contribution in [1.82, 2.24) is 15.1 Å². The molecular formula is C20H40N4O3S. The average molecular weight is 417 g/mol. The zero-order chi connectivity index (χ0) is 21.9. The second-order valence-electron chi connectivity index (χ2n) is 7.95. The maximum Gasteiger partial charge on any atom is 0.246 e. The molecule has 0 heterocycles. The second-order valence-corrected chi connectivity index (χ2v) is 9.10. The van der Waals surface area contributed by atoms with E-state index < -0.39 is 18.0 Å². The number of nitrogens with zero attached hydrogens (tertiary/aromatic N) is 2. The van der Waals surface area contributed by atoms with Gasteiger partial charge in [-0.25, -0.2) is 0 Å². The Morgan fingerprint density at radius 1 is 1.04 bits per heavy atom. The maximum absolute atomic E-state index is 13.2. The number of hydrogen-bond donors (Lipinski definition) is 2. The third kappa shape index (κ3) is 9.78. The number of carbonyl (C=O) groups is 3. The van der Waals surface area contributed by atoms with Gasteiger partial charge in [-0.05, 0) is 18.8 Å². The molecule has 28 heavy (non-hydrogen) atoms. The fourth-order valence-corrected chi connectivity index (χ4v) is 3.85. The number of amides is 3. The minimum atomic E-state index is -0.669. The summed E-state index contributed by atoms with van der Waals surface area (Å²) in [7, 11) is 3.28. The van der Waals surface area contributed by atoms with Crippen molar-refractivity contribution in [2.45, 2.75) is 72.0 Å². The summed E-state index contributed by atoms with van der Waals surface area (Å²) < 4.78 is 0. The molecule has 3 N–H and O–H groups in total. The first-order chi connectivity index (χ1) is 13.0. The SMILES string of the molecule is CCCC(=O)N(C)[C@H](CSCCNC(C)C)C(=O)N(C)[C@@H](CC(C)C)C(N)=O. The van der Waals surface area contributed by atoms with E-state index in [1.54, 1.807) is 25.9 Å². The Morgan fingerprint density at radius 2 is 1.64 bits per heavy atom. The van der Waals surface area contributed by atoms with Crippen LogP contribution in [0.4, 0.5) is 0 Å². The van der Waals surface area contributed by atoms with Crippen LogP contribution in [0.3, 0.4) is 0 Å². The van der Waals surface area contributed by atoms with Crippen molar-refractivity contribution in [3.05, 3.63) is 0 Å². The zero-order valence-corrected chi connectivity index (χ0v) is 19.5. The summed E-state index contributed by atoms with van der Waals surface area (Å²) >= 11 is 1.63. The molecule has 0 unspecified atom stereocenters. The molecule has 0 aliphatic carbocycles. The smallest absolute Gasteiger partial charge is 0.246 e. The third-order valence-electron chi connectivity index (χ3n) is 4.52. The molecule has 164 valence electrons. The van der Waals surface area contributed by atoms with Gasteiger partial charge in [0.15, 0.2) is 0 Å². The molecule has 0 spiro atoms. The zero-order valence-electron chi connectivity index (χ0n) is 18.7. The largest absolute Gasteiger partial charge is 0.368 e. The summed E-state index contributed by atoms with van der Waals surface area (Å²) in [6.45, 7) is 10.9. The van der Waals surface area contributed by atoms with E-state index in [0.29, 0.717) is 24.6 Å². The Hall–Kier alpha value is -1.28. The molecule has 0 saturated carbocycles. The van der Waals surface area contributed by atoms with Crippen molar-refractivity contribution in [2.75, 3.05) is 32.1 Å². The first-order valence-corrected chi connectivity index (χ1v) is 11.3. The fourth-order valence-electron chi connectivity index (χ4n) is 2.83. The van der Waals surface area contributed by atoms with Gasteiger partial charge in [-0.1, -0.05) is 34.6 Å². The Balaban J connectivity index is 5.24. The van der Waals surface area contributed by atoms with Crippen molar-refractivity contribution in [3.8, 4) is 0 Å². The van der Waals surface area contributed by atoms with Crippen LogP contribution in [0.25, 0.3) is 0 Å². The van der Waals surface area contributed by atoms with Crippen molar-refractivity contribution >= 4 is 29.5 Å². The number of thioether (sulfide) groups is 1. The van der Waals surface area contributed by atoms with Gasteiger partial charge in [0.25, 0.3) is 0 Å². The summed E-state index contributed by atoms with van der Waals surface area (Å²) in [4.78, 5) is 40.5. The monoisotopic (exact) mass is 416 g/mol. The predicted molar refractivity (Wildman–Crippen MR) is 117 cm³/mol. The summed E-state index contributed by atoms with van der Waals surface area (Å²) in [6, 6.07) is -0.871. The molecule has 0 aromatic rings. The lowest BCUT2D eigenvalue weighted by atomic mass is 10.0. The predicted octanol–water partition coefficient (Wildman–Crippen LogP) is 1.70. The van der Waals surface area contributed by atoms with Crippen LogP contribution in [0, 0.1) is 5.92 Å². The molecule has 0 radical (unpaired) electrons. The number of carbonyl (C=O) groups excluding carboxylic acids is 3. The third-order valence-corrected chi connectivity index (χ3v) is 5.57. The van der Waals surface area contributed by atoms with Crippen molar-refractivity contribution in [1.29, 1.82) is 0 Å². The van der Waals surface area contributed by atoms with Gasteiger partial charge < -0.3 is 20.9 Å². The molecule has 0 saturated heterocycles. The highest BCUT2D eigenvalue weighted by molar-refractivity contribution is 7.99. The molecule has 0 fully saturated rings. The Kier molecular flexibility index (Phi) is 13.2. The molecule has 0 aliphatic heterocycles. The molecule has 0 aromatic carbocycles. The highest BCUT2D eigenvalue weighted by Gasteiger charge is 2.34. The van der Waals surface area contributed by atoms with Crippen LogP contribution in [-0.2, 0) is 14.4 Å². The average Bonchev–Trinajstić information content (AvgIpc) is 2.60. The first-order valence-electron chi connectivity index (χ1n) is 10.2. The maximum atomic E-state index is 13.2. The van der Waals surface area contributed by atoms with E-state index >= 15 is 0 Å². The number of likely N-dealkylation sites (N-methyl/N-ethyl adjacent to an activating group) is 2. The van der Waals surface area contributed by atoms with E-state index in [0.717, 1.165) is 18.7 Å². The van der Waals surface area contributed by atoms with E-state index in [1.165, 1.54) is 9.80 Å². The van der Waals surface area contributed by atoms with Crippen LogP contribution in [0.1, 0.15) is 53.9 Å². The van der Waals surface area contributed by atoms with E-state index in [2.05, 4.69) is 19.2 Å². The van der Waals surface area contributed by atoms with Crippen LogP contribution in [0.2, 0.25) is 0 Å². The van der Waals surface area contributed by atoms with Gasteiger partial charge in [-0.15, -0.1) is 0 Å². The van der Waals surface area contributed by atoms with Gasteiger partial charge in [0, 0.05) is 44.6 Å². The number of nitrogens with one attached hydrogen (secondary N) is 1. The van der Waals surface area contributed by atoms with Crippen LogP contribution in [0.15, 0.2) is 0 Å². The molecule has 7 nitrogen and oxygen atoms in total. The summed E-state index contributed by atoms with van der Waals surface area (Å²) in [5.74, 6) is 0.742. The molecule has 3 amide bonds. The molecular weight excluding hydrogens is 376 g/mol. The van der Waals surface area contributed by atoms with E-state index in [9.17, 15) is 14.4 Å². The molecule has 2 atom stereocenters. The lowest BCUT2D eigenvalue weighted by molar-refractivity contribution is -0.146. The van der Waals surface area contributed by atoms with Gasteiger partial charge >= 0.3 is 0 Å². The Labute approximate surface area is 175 Å². The number of nitrogens with two attached hydrogens (primary N) is 1. The lowest BCUT2D eigenvalue weighted by Crippen LogP contribution is -2.55. The summed E-state index contributed by atoms with van der Waals surface area (Å²) in [5, 5.41) is 3.34. The molecule has 0 bridgehead atoms. The molecule has 8 heteroatoms. The van der Waals surface area contributed by atoms with Crippen LogP contribution in [0.5, 0.6) is 0 Å². The normalized spacial score (nSPS) is 13.5. The Morgan fingerprint density at radius 3 is 2.11 bits per heavy atom. The van der Waals surface area contributed by atoms with Gasteiger partial charge in [0.05, 0.1) is 0 Å². The van der Waals surface area contributed by atoms with Gasteiger partial charge in [0.1, 0.15) is 12.1 Å². The minimum absolute atomic E-state index is 0.0605. The minimum Gasteiger partial charge on any atom is -0.368 e. The second kappa shape index (κ2) is 13.8. The van der Waals surface area contributed by atoms with Crippen LogP contribution >= 0.6 is 11.8 Å². The van der Waals surface area contributed by atoms with Crippen molar-refractivity contribution in [2.24, 2.45) is 11.7 Å². The van der Waals surface area contributed by atoms with Gasteiger partial charge in [-0.2, -0.15) is 11.8 Å². The number of primary amides is 1. The highest BCUT2D eigenvalue weighted by atomic mass is 32.2. The topological polar surface area (TPSA) is 95.7 Å². The van der Waals surface area contributed by atoms with Crippen molar-refractivity contribution < 1.29 is 14.4 Å². The number of hydrogen-bond acceptors (Lipinski definition) is 5. The first kappa shape index (κ1) is 26.7. The standard InChI is InChI=1S/C20H40N4O3S/c1-8-9-18(25)23(6)17(13-28-11-10-22-15(4)5)20(27)24(7)16(19(21)26)12-14(2)3/h14-17,22H,8-13H2,1-7H3,(H2,21,26)/t16-,17+/m0/s1. The number of rotatable bonds is 14.